The lowest BCUT2D eigenvalue weighted by atomic mass is 10.1. The number of nitro benzene ring substituents is 1. The Hall–Kier alpha value is -2.54. The standard InChI is InChI=1S/C14H12N2O4S/c1-21-13-5-3-2-4-12(13)15-11-7-6-9(16(19)20)8-10(11)14(17)18/h2-8,15H,1H3,(H,17,18). The number of para-hydroxylation sites is 1. The Bertz CT molecular complexity index is 703. The number of benzene rings is 2. The van der Waals surface area contributed by atoms with Crippen LogP contribution >= 0.6 is 11.8 Å². The van der Waals surface area contributed by atoms with Gasteiger partial charge in [-0.05, 0) is 24.5 Å². The van der Waals surface area contributed by atoms with Crippen molar-refractivity contribution in [3.63, 3.8) is 0 Å². The Morgan fingerprint density at radius 2 is 1.95 bits per heavy atom. The molecule has 0 aliphatic rings. The van der Waals surface area contributed by atoms with Crippen LogP contribution in [0.15, 0.2) is 47.4 Å². The molecule has 0 aliphatic heterocycles. The van der Waals surface area contributed by atoms with Crippen molar-refractivity contribution in [3.8, 4) is 0 Å². The van der Waals surface area contributed by atoms with Crippen LogP contribution in [-0.2, 0) is 0 Å². The normalized spacial score (nSPS) is 10.1. The number of anilines is 2. The zero-order chi connectivity index (χ0) is 15.4. The fourth-order valence-corrected chi connectivity index (χ4v) is 2.38. The van der Waals surface area contributed by atoms with Crippen LogP contribution in [0.25, 0.3) is 0 Å². The Labute approximate surface area is 125 Å². The number of rotatable bonds is 5. The van der Waals surface area contributed by atoms with Gasteiger partial charge in [-0.3, -0.25) is 10.1 Å². The molecule has 2 N–H and O–H groups in total. The van der Waals surface area contributed by atoms with Crippen LogP contribution in [-0.4, -0.2) is 22.3 Å². The van der Waals surface area contributed by atoms with Crippen LogP contribution in [0, 0.1) is 10.1 Å². The van der Waals surface area contributed by atoms with E-state index in [-0.39, 0.29) is 11.3 Å². The minimum atomic E-state index is -1.22. The van der Waals surface area contributed by atoms with E-state index in [0.717, 1.165) is 16.6 Å². The number of hydrogen-bond donors (Lipinski definition) is 2. The molecule has 0 amide bonds. The first kappa shape index (κ1) is 14.9. The molecule has 7 heteroatoms. The van der Waals surface area contributed by atoms with Crippen LogP contribution in [0.2, 0.25) is 0 Å². The molecular formula is C14H12N2O4S. The zero-order valence-electron chi connectivity index (χ0n) is 11.1. The topological polar surface area (TPSA) is 92.5 Å². The Morgan fingerprint density at radius 1 is 1.24 bits per heavy atom. The summed E-state index contributed by atoms with van der Waals surface area (Å²) in [6.45, 7) is 0. The van der Waals surface area contributed by atoms with Crippen molar-refractivity contribution >= 4 is 34.8 Å². The van der Waals surface area contributed by atoms with Gasteiger partial charge in [-0.2, -0.15) is 0 Å². The average Bonchev–Trinajstić information content (AvgIpc) is 2.47. The predicted octanol–water partition coefficient (Wildman–Crippen LogP) is 3.76. The second kappa shape index (κ2) is 6.27. The van der Waals surface area contributed by atoms with Crippen molar-refractivity contribution in [1.82, 2.24) is 0 Å². The predicted molar refractivity (Wildman–Crippen MR) is 81.6 cm³/mol. The minimum Gasteiger partial charge on any atom is -0.478 e. The average molecular weight is 304 g/mol. The highest BCUT2D eigenvalue weighted by Gasteiger charge is 2.16. The number of nitrogens with zero attached hydrogens (tertiary/aromatic N) is 1. The molecule has 0 spiro atoms. The molecule has 21 heavy (non-hydrogen) atoms. The maximum atomic E-state index is 11.3. The molecule has 108 valence electrons. The molecule has 0 unspecified atom stereocenters. The van der Waals surface area contributed by atoms with Gasteiger partial charge in [0, 0.05) is 17.0 Å². The lowest BCUT2D eigenvalue weighted by Crippen LogP contribution is -2.04. The van der Waals surface area contributed by atoms with E-state index in [1.165, 1.54) is 23.9 Å². The summed E-state index contributed by atoms with van der Waals surface area (Å²) in [6.07, 6.45) is 1.91. The first-order valence-corrected chi connectivity index (χ1v) is 7.17. The second-order valence-electron chi connectivity index (χ2n) is 4.12. The van der Waals surface area contributed by atoms with E-state index in [4.69, 9.17) is 0 Å². The number of non-ortho nitro benzene ring substituents is 1. The summed E-state index contributed by atoms with van der Waals surface area (Å²) in [4.78, 5) is 22.3. The molecule has 0 radical (unpaired) electrons. The quantitative estimate of drug-likeness (QED) is 0.496. The Kier molecular flexibility index (Phi) is 4.44. The molecule has 0 bridgehead atoms. The molecule has 0 saturated heterocycles. The summed E-state index contributed by atoms with van der Waals surface area (Å²) in [6, 6.07) is 11.2. The highest BCUT2D eigenvalue weighted by atomic mass is 32.2. The number of carboxylic acids is 1. The van der Waals surface area contributed by atoms with Crippen LogP contribution in [0.4, 0.5) is 17.1 Å². The van der Waals surface area contributed by atoms with E-state index in [1.807, 2.05) is 30.5 Å². The van der Waals surface area contributed by atoms with Crippen LogP contribution < -0.4 is 5.32 Å². The summed E-state index contributed by atoms with van der Waals surface area (Å²) >= 11 is 1.52. The maximum Gasteiger partial charge on any atom is 0.338 e. The van der Waals surface area contributed by atoms with Crippen molar-refractivity contribution in [1.29, 1.82) is 0 Å². The highest BCUT2D eigenvalue weighted by Crippen LogP contribution is 2.30. The first-order chi connectivity index (χ1) is 10.0. The van der Waals surface area contributed by atoms with Gasteiger partial charge < -0.3 is 10.4 Å². The molecule has 0 fully saturated rings. The van der Waals surface area contributed by atoms with Crippen LogP contribution in [0.3, 0.4) is 0 Å². The van der Waals surface area contributed by atoms with E-state index < -0.39 is 10.9 Å². The van der Waals surface area contributed by atoms with Crippen molar-refractivity contribution in [2.75, 3.05) is 11.6 Å². The summed E-state index contributed by atoms with van der Waals surface area (Å²) in [5, 5.41) is 23.0. The van der Waals surface area contributed by atoms with Gasteiger partial charge in [0.25, 0.3) is 5.69 Å². The van der Waals surface area contributed by atoms with Crippen LogP contribution in [0.5, 0.6) is 0 Å². The number of nitrogens with one attached hydrogen (secondary N) is 1. The second-order valence-corrected chi connectivity index (χ2v) is 4.97. The smallest absolute Gasteiger partial charge is 0.338 e. The van der Waals surface area contributed by atoms with E-state index >= 15 is 0 Å². The fraction of sp³-hybridized carbons (Fsp3) is 0.0714. The number of carbonyl (C=O) groups is 1. The first-order valence-electron chi connectivity index (χ1n) is 5.94. The van der Waals surface area contributed by atoms with E-state index in [2.05, 4.69) is 5.32 Å². The van der Waals surface area contributed by atoms with Crippen molar-refractivity contribution < 1.29 is 14.8 Å². The SMILES string of the molecule is CSc1ccccc1Nc1ccc([N+](=O)[O-])cc1C(=O)O. The van der Waals surface area contributed by atoms with Gasteiger partial charge in [-0.1, -0.05) is 12.1 Å². The third-order valence-electron chi connectivity index (χ3n) is 2.82. The molecule has 2 aromatic rings. The Morgan fingerprint density at radius 3 is 2.57 bits per heavy atom. The van der Waals surface area contributed by atoms with Crippen molar-refractivity contribution in [2.24, 2.45) is 0 Å². The molecule has 0 atom stereocenters. The van der Waals surface area contributed by atoms with E-state index in [1.54, 1.807) is 0 Å². The largest absolute Gasteiger partial charge is 0.478 e. The molecule has 0 heterocycles. The molecule has 0 aliphatic carbocycles. The third kappa shape index (κ3) is 3.32. The third-order valence-corrected chi connectivity index (χ3v) is 3.62. The van der Waals surface area contributed by atoms with Gasteiger partial charge in [0.2, 0.25) is 0 Å². The van der Waals surface area contributed by atoms with Gasteiger partial charge in [-0.15, -0.1) is 11.8 Å². The monoisotopic (exact) mass is 304 g/mol. The molecule has 2 aromatic carbocycles. The number of thioether (sulfide) groups is 1. The van der Waals surface area contributed by atoms with Crippen molar-refractivity contribution in [2.45, 2.75) is 4.90 Å². The summed E-state index contributed by atoms with van der Waals surface area (Å²) in [5.74, 6) is -1.22. The summed E-state index contributed by atoms with van der Waals surface area (Å²) in [7, 11) is 0. The molecule has 2 rings (SSSR count). The summed E-state index contributed by atoms with van der Waals surface area (Å²) < 4.78 is 0. The van der Waals surface area contributed by atoms with Gasteiger partial charge in [0.1, 0.15) is 0 Å². The van der Waals surface area contributed by atoms with Crippen molar-refractivity contribution in [3.05, 3.63) is 58.1 Å². The number of carboxylic acid groups (broad SMARTS) is 1. The number of aromatic carboxylic acids is 1. The molecule has 6 nitrogen and oxygen atoms in total. The minimum absolute atomic E-state index is 0.139. The molecule has 0 aromatic heterocycles. The van der Waals surface area contributed by atoms with Gasteiger partial charge in [0.05, 0.1) is 21.9 Å². The lowest BCUT2D eigenvalue weighted by molar-refractivity contribution is -0.384. The van der Waals surface area contributed by atoms with Gasteiger partial charge in [-0.25, -0.2) is 4.79 Å². The number of nitro groups is 1. The van der Waals surface area contributed by atoms with Crippen LogP contribution in [0.1, 0.15) is 10.4 Å². The lowest BCUT2D eigenvalue weighted by Gasteiger charge is -2.12. The fourth-order valence-electron chi connectivity index (χ4n) is 1.82. The number of hydrogen-bond acceptors (Lipinski definition) is 5. The zero-order valence-corrected chi connectivity index (χ0v) is 11.9. The maximum absolute atomic E-state index is 11.3. The highest BCUT2D eigenvalue weighted by molar-refractivity contribution is 7.98. The van der Waals surface area contributed by atoms with Gasteiger partial charge in [0.15, 0.2) is 0 Å². The summed E-state index contributed by atoms with van der Waals surface area (Å²) in [5.41, 5.74) is 0.673. The Balaban J connectivity index is 2.44. The van der Waals surface area contributed by atoms with Gasteiger partial charge >= 0.3 is 5.97 Å². The molecule has 0 saturated carbocycles. The van der Waals surface area contributed by atoms with E-state index in [0.29, 0.717) is 5.69 Å². The molecular weight excluding hydrogens is 292 g/mol. The van der Waals surface area contributed by atoms with E-state index in [9.17, 15) is 20.0 Å².